The van der Waals surface area contributed by atoms with Crippen LogP contribution in [0.15, 0.2) is 18.2 Å². The van der Waals surface area contributed by atoms with Crippen molar-refractivity contribution in [3.8, 4) is 0 Å². The number of aromatic nitrogens is 1. The number of hydrogen-bond acceptors (Lipinski definition) is 4. The smallest absolute Gasteiger partial charge is 0.270 e. The van der Waals surface area contributed by atoms with Gasteiger partial charge >= 0.3 is 0 Å². The Kier molecular flexibility index (Phi) is 5.76. The van der Waals surface area contributed by atoms with Crippen LogP contribution in [0.1, 0.15) is 41.9 Å². The molecule has 5 nitrogen and oxygen atoms in total. The lowest BCUT2D eigenvalue weighted by Crippen LogP contribution is -2.44. The van der Waals surface area contributed by atoms with E-state index in [1.54, 1.807) is 6.07 Å². The van der Waals surface area contributed by atoms with E-state index in [2.05, 4.69) is 10.3 Å². The first-order chi connectivity index (χ1) is 11.6. The average molecular weight is 347 g/mol. The predicted octanol–water partition coefficient (Wildman–Crippen LogP) is 2.25. The highest BCUT2D eigenvalue weighted by atomic mass is 32.2. The molecule has 1 aromatic heterocycles. The van der Waals surface area contributed by atoms with Crippen LogP contribution >= 0.6 is 11.8 Å². The lowest BCUT2D eigenvalue weighted by atomic mass is 9.85. The van der Waals surface area contributed by atoms with E-state index in [1.165, 1.54) is 0 Å². The van der Waals surface area contributed by atoms with Gasteiger partial charge < -0.3 is 10.2 Å². The molecule has 1 saturated heterocycles. The molecule has 1 aromatic rings. The first-order valence-corrected chi connectivity index (χ1v) is 9.90. The minimum atomic E-state index is -0.110. The maximum Gasteiger partial charge on any atom is 0.270 e. The highest BCUT2D eigenvalue weighted by Crippen LogP contribution is 2.27. The van der Waals surface area contributed by atoms with Crippen molar-refractivity contribution < 1.29 is 9.59 Å². The lowest BCUT2D eigenvalue weighted by Gasteiger charge is -2.34. The van der Waals surface area contributed by atoms with E-state index in [4.69, 9.17) is 0 Å². The third-order valence-electron chi connectivity index (χ3n) is 4.86. The van der Waals surface area contributed by atoms with E-state index in [0.717, 1.165) is 56.0 Å². The van der Waals surface area contributed by atoms with Crippen LogP contribution in [0, 0.1) is 12.8 Å². The monoisotopic (exact) mass is 347 g/mol. The van der Waals surface area contributed by atoms with Crippen molar-refractivity contribution in [2.75, 3.05) is 24.6 Å². The second-order valence-electron chi connectivity index (χ2n) is 6.62. The minimum absolute atomic E-state index is 0.110. The molecule has 1 aliphatic heterocycles. The molecule has 0 spiro atoms. The van der Waals surface area contributed by atoms with Crippen molar-refractivity contribution in [1.29, 1.82) is 0 Å². The van der Waals surface area contributed by atoms with Crippen LogP contribution in [0.5, 0.6) is 0 Å². The molecule has 1 aliphatic carbocycles. The SMILES string of the molecule is Cc1cccc(C(=O)NC2CCC(C(=O)N3CCSCC3)CC2)n1. The fourth-order valence-corrected chi connectivity index (χ4v) is 4.36. The molecule has 0 unspecified atom stereocenters. The van der Waals surface area contributed by atoms with Gasteiger partial charge in [-0.1, -0.05) is 6.07 Å². The second-order valence-corrected chi connectivity index (χ2v) is 7.85. The van der Waals surface area contributed by atoms with Gasteiger partial charge in [-0.2, -0.15) is 11.8 Å². The van der Waals surface area contributed by atoms with Gasteiger partial charge in [0.1, 0.15) is 5.69 Å². The molecule has 24 heavy (non-hydrogen) atoms. The van der Waals surface area contributed by atoms with E-state index in [-0.39, 0.29) is 17.9 Å². The summed E-state index contributed by atoms with van der Waals surface area (Å²) in [6.07, 6.45) is 3.48. The van der Waals surface area contributed by atoms with Crippen molar-refractivity contribution in [3.05, 3.63) is 29.6 Å². The first-order valence-electron chi connectivity index (χ1n) is 8.74. The van der Waals surface area contributed by atoms with Crippen LogP contribution in [-0.4, -0.2) is 52.3 Å². The molecule has 3 rings (SSSR count). The maximum absolute atomic E-state index is 12.6. The number of pyridine rings is 1. The summed E-state index contributed by atoms with van der Waals surface area (Å²) < 4.78 is 0. The van der Waals surface area contributed by atoms with Gasteiger partial charge in [0.05, 0.1) is 0 Å². The van der Waals surface area contributed by atoms with Crippen LogP contribution < -0.4 is 5.32 Å². The van der Waals surface area contributed by atoms with Gasteiger partial charge in [-0.15, -0.1) is 0 Å². The van der Waals surface area contributed by atoms with E-state index < -0.39 is 0 Å². The zero-order valence-corrected chi connectivity index (χ0v) is 15.0. The number of carbonyl (C=O) groups excluding carboxylic acids is 2. The van der Waals surface area contributed by atoms with Crippen molar-refractivity contribution in [1.82, 2.24) is 15.2 Å². The highest BCUT2D eigenvalue weighted by molar-refractivity contribution is 7.99. The van der Waals surface area contributed by atoms with Gasteiger partial charge in [0.2, 0.25) is 5.91 Å². The standard InChI is InChI=1S/C18H25N3O2S/c1-13-3-2-4-16(19-13)17(22)20-15-7-5-14(6-8-15)18(23)21-9-11-24-12-10-21/h2-4,14-15H,5-12H2,1H3,(H,20,22). The van der Waals surface area contributed by atoms with Crippen molar-refractivity contribution >= 4 is 23.6 Å². The number of rotatable bonds is 3. The number of amides is 2. The van der Waals surface area contributed by atoms with Gasteiger partial charge in [0.25, 0.3) is 5.91 Å². The Morgan fingerprint density at radius 1 is 1.17 bits per heavy atom. The summed E-state index contributed by atoms with van der Waals surface area (Å²) in [7, 11) is 0. The normalized spacial score (nSPS) is 24.5. The second kappa shape index (κ2) is 8.01. The third kappa shape index (κ3) is 4.29. The Morgan fingerprint density at radius 2 is 1.88 bits per heavy atom. The number of nitrogens with zero attached hydrogens (tertiary/aromatic N) is 2. The van der Waals surface area contributed by atoms with Crippen LogP contribution in [0.2, 0.25) is 0 Å². The molecule has 130 valence electrons. The molecule has 1 N–H and O–H groups in total. The molecule has 2 amide bonds. The van der Waals surface area contributed by atoms with Gasteiger partial charge in [0, 0.05) is 42.2 Å². The first kappa shape index (κ1) is 17.3. The van der Waals surface area contributed by atoms with Crippen LogP contribution in [0.25, 0.3) is 0 Å². The van der Waals surface area contributed by atoms with Gasteiger partial charge in [-0.25, -0.2) is 4.98 Å². The third-order valence-corrected chi connectivity index (χ3v) is 5.80. The zero-order valence-electron chi connectivity index (χ0n) is 14.2. The van der Waals surface area contributed by atoms with E-state index >= 15 is 0 Å². The Hall–Kier alpha value is -1.56. The summed E-state index contributed by atoms with van der Waals surface area (Å²) in [6, 6.07) is 5.63. The molecule has 2 aliphatic rings. The molecular weight excluding hydrogens is 322 g/mol. The summed E-state index contributed by atoms with van der Waals surface area (Å²) in [4.78, 5) is 31.1. The summed E-state index contributed by atoms with van der Waals surface area (Å²) in [5.41, 5.74) is 1.32. The van der Waals surface area contributed by atoms with E-state index in [9.17, 15) is 9.59 Å². The number of carbonyl (C=O) groups is 2. The molecule has 2 heterocycles. The lowest BCUT2D eigenvalue weighted by molar-refractivity contribution is -0.136. The van der Waals surface area contributed by atoms with Crippen molar-refractivity contribution in [2.24, 2.45) is 5.92 Å². The van der Waals surface area contributed by atoms with Crippen molar-refractivity contribution in [3.63, 3.8) is 0 Å². The van der Waals surface area contributed by atoms with Gasteiger partial charge in [0.15, 0.2) is 0 Å². The van der Waals surface area contributed by atoms with E-state index in [1.807, 2.05) is 35.7 Å². The van der Waals surface area contributed by atoms with Crippen molar-refractivity contribution in [2.45, 2.75) is 38.6 Å². The van der Waals surface area contributed by atoms with Gasteiger partial charge in [-0.05, 0) is 44.7 Å². The Labute approximate surface area is 147 Å². The average Bonchev–Trinajstić information content (AvgIpc) is 2.62. The number of thioether (sulfide) groups is 1. The molecular formula is C18H25N3O2S. The number of hydrogen-bond donors (Lipinski definition) is 1. The fraction of sp³-hybridized carbons (Fsp3) is 0.611. The van der Waals surface area contributed by atoms with Gasteiger partial charge in [-0.3, -0.25) is 9.59 Å². The quantitative estimate of drug-likeness (QED) is 0.911. The largest absolute Gasteiger partial charge is 0.348 e. The Balaban J connectivity index is 1.48. The minimum Gasteiger partial charge on any atom is -0.348 e. The topological polar surface area (TPSA) is 62.3 Å². The molecule has 0 aromatic carbocycles. The molecule has 0 bridgehead atoms. The maximum atomic E-state index is 12.6. The molecule has 6 heteroatoms. The Bertz CT molecular complexity index is 594. The number of aryl methyl sites for hydroxylation is 1. The van der Waals surface area contributed by atoms with E-state index in [0.29, 0.717) is 11.6 Å². The summed E-state index contributed by atoms with van der Waals surface area (Å²) in [5, 5.41) is 3.07. The molecule has 2 fully saturated rings. The Morgan fingerprint density at radius 3 is 2.54 bits per heavy atom. The summed E-state index contributed by atoms with van der Waals surface area (Å²) in [5.74, 6) is 2.46. The highest BCUT2D eigenvalue weighted by Gasteiger charge is 2.30. The van der Waals surface area contributed by atoms with Crippen LogP contribution in [0.3, 0.4) is 0 Å². The summed E-state index contributed by atoms with van der Waals surface area (Å²) >= 11 is 1.92. The number of nitrogens with one attached hydrogen (secondary N) is 1. The van der Waals surface area contributed by atoms with Crippen LogP contribution in [-0.2, 0) is 4.79 Å². The molecule has 0 radical (unpaired) electrons. The predicted molar refractivity (Wildman–Crippen MR) is 96.1 cm³/mol. The zero-order chi connectivity index (χ0) is 16.9. The fourth-order valence-electron chi connectivity index (χ4n) is 3.46. The molecule has 0 atom stereocenters. The molecule has 1 saturated carbocycles. The van der Waals surface area contributed by atoms with Crippen LogP contribution in [0.4, 0.5) is 0 Å². The summed E-state index contributed by atoms with van der Waals surface area (Å²) in [6.45, 7) is 3.66.